The Labute approximate surface area is 130 Å². The number of nitrogens with one attached hydrogen (secondary N) is 1. The summed E-state index contributed by atoms with van der Waals surface area (Å²) in [6.07, 6.45) is -0.620. The summed E-state index contributed by atoms with van der Waals surface area (Å²) in [5.74, 6) is -0.462. The summed E-state index contributed by atoms with van der Waals surface area (Å²) in [6.45, 7) is 3.80. The molecule has 0 bridgehead atoms. The maximum atomic E-state index is 11.9. The summed E-state index contributed by atoms with van der Waals surface area (Å²) in [7, 11) is 1.53. The molecule has 1 rings (SSSR count). The van der Waals surface area contributed by atoms with Crippen molar-refractivity contribution in [2.24, 2.45) is 11.7 Å². The van der Waals surface area contributed by atoms with Gasteiger partial charge in [-0.15, -0.1) is 0 Å². The van der Waals surface area contributed by atoms with E-state index in [4.69, 9.17) is 10.5 Å². The first-order chi connectivity index (χ1) is 10.3. The van der Waals surface area contributed by atoms with Crippen LogP contribution >= 0.6 is 0 Å². The smallest absolute Gasteiger partial charge is 0.249 e. The lowest BCUT2D eigenvalue weighted by atomic mass is 10.0. The normalized spacial score (nSPS) is 13.5. The third-order valence-corrected chi connectivity index (χ3v) is 3.27. The lowest BCUT2D eigenvalue weighted by molar-refractivity contribution is -0.133. The van der Waals surface area contributed by atoms with Crippen molar-refractivity contribution in [3.8, 4) is 5.75 Å². The van der Waals surface area contributed by atoms with Gasteiger partial charge in [-0.25, -0.2) is 0 Å². The number of rotatable bonds is 8. The molecule has 2 atom stereocenters. The zero-order valence-corrected chi connectivity index (χ0v) is 13.2. The predicted octanol–water partition coefficient (Wildman–Crippen LogP) is 0.615. The van der Waals surface area contributed by atoms with Gasteiger partial charge in [-0.1, -0.05) is 32.0 Å². The van der Waals surface area contributed by atoms with E-state index in [0.29, 0.717) is 12.2 Å². The Bertz CT molecular complexity index is 517. The molecule has 0 aliphatic rings. The van der Waals surface area contributed by atoms with Gasteiger partial charge in [-0.05, 0) is 24.0 Å². The van der Waals surface area contributed by atoms with Gasteiger partial charge in [0.2, 0.25) is 11.8 Å². The van der Waals surface area contributed by atoms with E-state index < -0.39 is 24.0 Å². The van der Waals surface area contributed by atoms with Crippen molar-refractivity contribution in [2.75, 3.05) is 7.11 Å². The largest absolute Gasteiger partial charge is 0.496 e. The number of aliphatic hydroxyl groups is 1. The van der Waals surface area contributed by atoms with Gasteiger partial charge < -0.3 is 20.9 Å². The van der Waals surface area contributed by atoms with Crippen LogP contribution < -0.4 is 15.8 Å². The first kappa shape index (κ1) is 18.0. The van der Waals surface area contributed by atoms with Crippen LogP contribution in [0.5, 0.6) is 5.75 Å². The standard InChI is InChI=1S/C16H24N2O4/c1-10(2)8-13(19)16(21)18-12(15(17)20)9-11-6-4-5-7-14(11)22-3/h4-7,10,12-13,19H,8-9H2,1-3H3,(H2,17,20)(H,18,21)/t12-,13-/m1/s1. The summed E-state index contributed by atoms with van der Waals surface area (Å²) in [5.41, 5.74) is 6.11. The number of carbonyl (C=O) groups is 2. The molecule has 2 amide bonds. The average Bonchev–Trinajstić information content (AvgIpc) is 2.46. The molecule has 0 fully saturated rings. The predicted molar refractivity (Wildman–Crippen MR) is 83.3 cm³/mol. The molecular formula is C16H24N2O4. The first-order valence-corrected chi connectivity index (χ1v) is 7.24. The Kier molecular flexibility index (Phi) is 6.85. The van der Waals surface area contributed by atoms with Crippen LogP contribution in [0, 0.1) is 5.92 Å². The summed E-state index contributed by atoms with van der Waals surface area (Å²) in [4.78, 5) is 23.5. The number of aliphatic hydroxyl groups excluding tert-OH is 1. The number of methoxy groups -OCH3 is 1. The number of primary amides is 1. The molecule has 6 heteroatoms. The van der Waals surface area contributed by atoms with E-state index in [2.05, 4.69) is 5.32 Å². The number of carbonyl (C=O) groups excluding carboxylic acids is 2. The maximum Gasteiger partial charge on any atom is 0.249 e. The van der Waals surface area contributed by atoms with Gasteiger partial charge in [0.25, 0.3) is 0 Å². The first-order valence-electron chi connectivity index (χ1n) is 7.24. The van der Waals surface area contributed by atoms with E-state index >= 15 is 0 Å². The molecule has 0 spiro atoms. The van der Waals surface area contributed by atoms with Crippen LogP contribution in [0.2, 0.25) is 0 Å². The van der Waals surface area contributed by atoms with E-state index in [9.17, 15) is 14.7 Å². The van der Waals surface area contributed by atoms with Gasteiger partial charge in [0.1, 0.15) is 17.9 Å². The molecule has 1 aromatic rings. The summed E-state index contributed by atoms with van der Waals surface area (Å²) in [5, 5.41) is 12.3. The summed E-state index contributed by atoms with van der Waals surface area (Å²) >= 11 is 0. The average molecular weight is 308 g/mol. The minimum Gasteiger partial charge on any atom is -0.496 e. The third-order valence-electron chi connectivity index (χ3n) is 3.27. The highest BCUT2D eigenvalue weighted by Crippen LogP contribution is 2.19. The molecule has 0 saturated heterocycles. The second-order valence-corrected chi connectivity index (χ2v) is 5.62. The van der Waals surface area contributed by atoms with E-state index in [1.54, 1.807) is 12.1 Å². The fourth-order valence-electron chi connectivity index (χ4n) is 2.14. The lowest BCUT2D eigenvalue weighted by Gasteiger charge is -2.20. The van der Waals surface area contributed by atoms with Crippen molar-refractivity contribution in [3.63, 3.8) is 0 Å². The summed E-state index contributed by atoms with van der Waals surface area (Å²) in [6, 6.07) is 6.29. The number of hydrogen-bond donors (Lipinski definition) is 3. The Hall–Kier alpha value is -2.08. The monoisotopic (exact) mass is 308 g/mol. The highest BCUT2D eigenvalue weighted by molar-refractivity contribution is 5.88. The maximum absolute atomic E-state index is 11.9. The molecule has 0 aliphatic carbocycles. The van der Waals surface area contributed by atoms with E-state index in [0.717, 1.165) is 5.56 Å². The lowest BCUT2D eigenvalue weighted by Crippen LogP contribution is -2.49. The Morgan fingerprint density at radius 2 is 1.95 bits per heavy atom. The van der Waals surface area contributed by atoms with Crippen LogP contribution in [0.15, 0.2) is 24.3 Å². The highest BCUT2D eigenvalue weighted by Gasteiger charge is 2.24. The Balaban J connectivity index is 2.78. The van der Waals surface area contributed by atoms with Crippen molar-refractivity contribution in [1.29, 1.82) is 0 Å². The molecule has 0 aliphatic heterocycles. The van der Waals surface area contributed by atoms with Crippen LogP contribution in [-0.2, 0) is 16.0 Å². The van der Waals surface area contributed by atoms with Crippen molar-refractivity contribution in [2.45, 2.75) is 38.8 Å². The number of amides is 2. The molecule has 22 heavy (non-hydrogen) atoms. The number of para-hydroxylation sites is 1. The van der Waals surface area contributed by atoms with E-state index in [1.807, 2.05) is 26.0 Å². The zero-order chi connectivity index (χ0) is 16.7. The molecule has 0 radical (unpaired) electrons. The van der Waals surface area contributed by atoms with Crippen molar-refractivity contribution in [3.05, 3.63) is 29.8 Å². The number of ether oxygens (including phenoxy) is 1. The molecule has 1 aromatic carbocycles. The zero-order valence-electron chi connectivity index (χ0n) is 13.2. The van der Waals surface area contributed by atoms with Crippen LogP contribution in [-0.4, -0.2) is 36.2 Å². The van der Waals surface area contributed by atoms with E-state index in [1.165, 1.54) is 7.11 Å². The van der Waals surface area contributed by atoms with Crippen molar-refractivity contribution in [1.82, 2.24) is 5.32 Å². The minimum absolute atomic E-state index is 0.169. The van der Waals surface area contributed by atoms with Gasteiger partial charge in [-0.3, -0.25) is 9.59 Å². The molecular weight excluding hydrogens is 284 g/mol. The van der Waals surface area contributed by atoms with Crippen molar-refractivity contribution >= 4 is 11.8 Å². The highest BCUT2D eigenvalue weighted by atomic mass is 16.5. The quantitative estimate of drug-likeness (QED) is 0.655. The van der Waals surface area contributed by atoms with Gasteiger partial charge >= 0.3 is 0 Å². The van der Waals surface area contributed by atoms with Crippen molar-refractivity contribution < 1.29 is 19.4 Å². The fourth-order valence-corrected chi connectivity index (χ4v) is 2.14. The van der Waals surface area contributed by atoms with Gasteiger partial charge in [0.15, 0.2) is 0 Å². The number of nitrogens with two attached hydrogens (primary N) is 1. The SMILES string of the molecule is COc1ccccc1C[C@@H](NC(=O)[C@H](O)CC(C)C)C(N)=O. The number of benzene rings is 1. The van der Waals surface area contributed by atoms with E-state index in [-0.39, 0.29) is 12.3 Å². The number of hydrogen-bond acceptors (Lipinski definition) is 4. The van der Waals surface area contributed by atoms with Crippen LogP contribution in [0.4, 0.5) is 0 Å². The van der Waals surface area contributed by atoms with Crippen LogP contribution in [0.3, 0.4) is 0 Å². The topological polar surface area (TPSA) is 102 Å². The molecule has 122 valence electrons. The third kappa shape index (κ3) is 5.37. The minimum atomic E-state index is -1.15. The second-order valence-electron chi connectivity index (χ2n) is 5.62. The van der Waals surface area contributed by atoms with Gasteiger partial charge in [0.05, 0.1) is 7.11 Å². The van der Waals surface area contributed by atoms with Gasteiger partial charge in [0, 0.05) is 6.42 Å². The van der Waals surface area contributed by atoms with Gasteiger partial charge in [-0.2, -0.15) is 0 Å². The molecule has 0 saturated carbocycles. The van der Waals surface area contributed by atoms with Crippen LogP contribution in [0.1, 0.15) is 25.8 Å². The molecule has 0 aromatic heterocycles. The summed E-state index contributed by atoms with van der Waals surface area (Å²) < 4.78 is 5.22. The molecule has 6 nitrogen and oxygen atoms in total. The molecule has 4 N–H and O–H groups in total. The Morgan fingerprint density at radius 3 is 2.50 bits per heavy atom. The molecule has 0 unspecified atom stereocenters. The molecule has 0 heterocycles. The fraction of sp³-hybridized carbons (Fsp3) is 0.500. The second kappa shape index (κ2) is 8.38. The van der Waals surface area contributed by atoms with Crippen LogP contribution in [0.25, 0.3) is 0 Å². The Morgan fingerprint density at radius 1 is 1.32 bits per heavy atom.